The molecule has 0 spiro atoms. The highest BCUT2D eigenvalue weighted by Gasteiger charge is 2.29. The number of likely N-dealkylation sites (N-methyl/N-ethyl adjacent to an activating group) is 1. The van der Waals surface area contributed by atoms with Crippen LogP contribution in [-0.2, 0) is 4.74 Å². The van der Waals surface area contributed by atoms with Crippen LogP contribution in [-0.4, -0.2) is 55.4 Å². The van der Waals surface area contributed by atoms with Crippen molar-refractivity contribution in [2.75, 3.05) is 38.6 Å². The van der Waals surface area contributed by atoms with Crippen molar-refractivity contribution >= 4 is 23.0 Å². The summed E-state index contributed by atoms with van der Waals surface area (Å²) in [6.07, 6.45) is 5.35. The molecule has 4 nitrogen and oxygen atoms in total. The Bertz CT molecular complexity index is 534. The van der Waals surface area contributed by atoms with Gasteiger partial charge in [0.25, 0.3) is 0 Å². The Balaban J connectivity index is 1.43. The number of nitrogens with one attached hydrogen (secondary N) is 2. The van der Waals surface area contributed by atoms with Crippen molar-refractivity contribution in [1.29, 1.82) is 0 Å². The normalized spacial score (nSPS) is 23.2. The maximum absolute atomic E-state index is 5.79. The Morgan fingerprint density at radius 3 is 2.58 bits per heavy atom. The summed E-state index contributed by atoms with van der Waals surface area (Å²) >= 11 is 5.60. The Hall–Kier alpha value is -1.17. The zero-order chi connectivity index (χ0) is 16.9. The van der Waals surface area contributed by atoms with Gasteiger partial charge in [0.15, 0.2) is 5.11 Å². The standard InChI is InChI=1S/C19H29N3OS/c1-15-5-7-16(8-6-15)20-19(24)22-11-9-17(10-12-22)21(2)14-18-4-3-13-23-18/h5-8,17-18H,3-4,9-14H2,1-2H3,(H,20,24)/p+1. The second kappa shape index (κ2) is 8.28. The summed E-state index contributed by atoms with van der Waals surface area (Å²) < 4.78 is 5.79. The Labute approximate surface area is 151 Å². The van der Waals surface area contributed by atoms with E-state index in [0.29, 0.717) is 6.10 Å². The molecule has 3 rings (SSSR count). The summed E-state index contributed by atoms with van der Waals surface area (Å²) in [5.41, 5.74) is 2.35. The SMILES string of the molecule is Cc1ccc(NC(=S)N2CCC([NH+](C)CC3CCCO3)CC2)cc1. The molecule has 0 bridgehead atoms. The van der Waals surface area contributed by atoms with E-state index in [1.54, 1.807) is 4.90 Å². The van der Waals surface area contributed by atoms with Gasteiger partial charge in [0, 0.05) is 38.2 Å². The number of likely N-dealkylation sites (tertiary alicyclic amines) is 1. The van der Waals surface area contributed by atoms with Crippen LogP contribution in [0.15, 0.2) is 24.3 Å². The number of anilines is 1. The molecule has 0 amide bonds. The third-order valence-corrected chi connectivity index (χ3v) is 5.72. The van der Waals surface area contributed by atoms with E-state index in [4.69, 9.17) is 17.0 Å². The van der Waals surface area contributed by atoms with Gasteiger partial charge in [0.1, 0.15) is 12.6 Å². The maximum atomic E-state index is 5.79. The predicted octanol–water partition coefficient (Wildman–Crippen LogP) is 1.85. The number of rotatable bonds is 4. The summed E-state index contributed by atoms with van der Waals surface area (Å²) in [4.78, 5) is 3.93. The van der Waals surface area contributed by atoms with Crippen LogP contribution in [0.2, 0.25) is 0 Å². The van der Waals surface area contributed by atoms with Gasteiger partial charge in [-0.05, 0) is 44.1 Å². The summed E-state index contributed by atoms with van der Waals surface area (Å²) in [6.45, 7) is 6.30. The first kappa shape index (κ1) is 17.6. The predicted molar refractivity (Wildman–Crippen MR) is 103 cm³/mol. The van der Waals surface area contributed by atoms with Crippen LogP contribution in [0.5, 0.6) is 0 Å². The van der Waals surface area contributed by atoms with Crippen molar-refractivity contribution in [1.82, 2.24) is 4.90 Å². The van der Waals surface area contributed by atoms with Crippen LogP contribution in [0.1, 0.15) is 31.2 Å². The van der Waals surface area contributed by atoms with Crippen LogP contribution < -0.4 is 10.2 Å². The number of aryl methyl sites for hydroxylation is 1. The number of piperidine rings is 1. The summed E-state index contributed by atoms with van der Waals surface area (Å²) in [7, 11) is 2.32. The van der Waals surface area contributed by atoms with Crippen LogP contribution in [0.25, 0.3) is 0 Å². The van der Waals surface area contributed by atoms with Gasteiger partial charge in [-0.1, -0.05) is 17.7 Å². The largest absolute Gasteiger partial charge is 0.372 e. The number of ether oxygens (including phenoxy) is 1. The van der Waals surface area contributed by atoms with E-state index in [-0.39, 0.29) is 0 Å². The van der Waals surface area contributed by atoms with Crippen LogP contribution in [0.4, 0.5) is 5.69 Å². The summed E-state index contributed by atoms with van der Waals surface area (Å²) in [6, 6.07) is 9.14. The van der Waals surface area contributed by atoms with Gasteiger partial charge in [-0.15, -0.1) is 0 Å². The third kappa shape index (κ3) is 4.68. The molecule has 2 aliphatic rings. The average molecular weight is 349 g/mol. The van der Waals surface area contributed by atoms with Gasteiger partial charge in [0.05, 0.1) is 13.1 Å². The van der Waals surface area contributed by atoms with Gasteiger partial charge in [-0.3, -0.25) is 0 Å². The lowest BCUT2D eigenvalue weighted by Gasteiger charge is -2.36. The van der Waals surface area contributed by atoms with Crippen molar-refractivity contribution in [3.63, 3.8) is 0 Å². The fourth-order valence-electron chi connectivity index (χ4n) is 3.75. The van der Waals surface area contributed by atoms with Crippen molar-refractivity contribution in [2.24, 2.45) is 0 Å². The second-order valence-electron chi connectivity index (χ2n) is 7.24. The Morgan fingerprint density at radius 1 is 1.25 bits per heavy atom. The molecular formula is C19H30N3OS+. The first-order chi connectivity index (χ1) is 11.6. The fraction of sp³-hybridized carbons (Fsp3) is 0.632. The molecule has 2 saturated heterocycles. The molecule has 2 fully saturated rings. The van der Waals surface area contributed by atoms with Crippen molar-refractivity contribution < 1.29 is 9.64 Å². The van der Waals surface area contributed by atoms with Gasteiger partial charge in [-0.2, -0.15) is 0 Å². The summed E-state index contributed by atoms with van der Waals surface area (Å²) in [5.74, 6) is 0. The zero-order valence-electron chi connectivity index (χ0n) is 14.9. The minimum absolute atomic E-state index is 0.479. The molecule has 0 saturated carbocycles. The topological polar surface area (TPSA) is 28.9 Å². The lowest BCUT2D eigenvalue weighted by Crippen LogP contribution is -3.14. The highest BCUT2D eigenvalue weighted by molar-refractivity contribution is 7.80. The number of thiocarbonyl (C=S) groups is 1. The zero-order valence-corrected chi connectivity index (χ0v) is 15.7. The molecule has 1 aromatic rings. The Kier molecular flexibility index (Phi) is 6.09. The van der Waals surface area contributed by atoms with Crippen molar-refractivity contribution in [3.8, 4) is 0 Å². The molecule has 132 valence electrons. The van der Waals surface area contributed by atoms with E-state index < -0.39 is 0 Å². The van der Waals surface area contributed by atoms with E-state index in [2.05, 4.69) is 48.5 Å². The molecule has 2 unspecified atom stereocenters. The van der Waals surface area contributed by atoms with E-state index in [0.717, 1.165) is 43.1 Å². The Morgan fingerprint density at radius 2 is 1.96 bits per heavy atom. The number of quaternary nitrogens is 1. The minimum Gasteiger partial charge on any atom is -0.372 e. The highest BCUT2D eigenvalue weighted by atomic mass is 32.1. The molecule has 0 aromatic heterocycles. The molecule has 2 N–H and O–H groups in total. The summed E-state index contributed by atoms with van der Waals surface area (Å²) in [5, 5.41) is 4.23. The number of nitrogens with zero attached hydrogens (tertiary/aromatic N) is 1. The highest BCUT2D eigenvalue weighted by Crippen LogP contribution is 2.14. The lowest BCUT2D eigenvalue weighted by atomic mass is 10.0. The van der Waals surface area contributed by atoms with Gasteiger partial charge < -0.3 is 19.9 Å². The monoisotopic (exact) mass is 348 g/mol. The van der Waals surface area contributed by atoms with Gasteiger partial charge in [0.2, 0.25) is 0 Å². The molecule has 5 heteroatoms. The number of hydrogen-bond donors (Lipinski definition) is 2. The quantitative estimate of drug-likeness (QED) is 0.813. The first-order valence-corrected chi connectivity index (χ1v) is 9.59. The third-order valence-electron chi connectivity index (χ3n) is 5.36. The molecule has 1 aromatic carbocycles. The van der Waals surface area contributed by atoms with Gasteiger partial charge in [-0.25, -0.2) is 0 Å². The van der Waals surface area contributed by atoms with E-state index >= 15 is 0 Å². The number of benzene rings is 1. The smallest absolute Gasteiger partial charge is 0.173 e. The van der Waals surface area contributed by atoms with Crippen molar-refractivity contribution in [2.45, 2.75) is 44.8 Å². The van der Waals surface area contributed by atoms with Crippen molar-refractivity contribution in [3.05, 3.63) is 29.8 Å². The second-order valence-corrected chi connectivity index (χ2v) is 7.63. The average Bonchev–Trinajstić information content (AvgIpc) is 3.10. The number of hydrogen-bond acceptors (Lipinski definition) is 2. The molecule has 0 aliphatic carbocycles. The van der Waals surface area contributed by atoms with E-state index in [1.807, 2.05) is 0 Å². The fourth-order valence-corrected chi connectivity index (χ4v) is 4.05. The minimum atomic E-state index is 0.479. The molecule has 2 atom stereocenters. The van der Waals surface area contributed by atoms with Crippen LogP contribution >= 0.6 is 12.2 Å². The molecular weight excluding hydrogens is 318 g/mol. The molecule has 24 heavy (non-hydrogen) atoms. The maximum Gasteiger partial charge on any atom is 0.173 e. The first-order valence-electron chi connectivity index (χ1n) is 9.18. The molecule has 2 heterocycles. The van der Waals surface area contributed by atoms with Crippen LogP contribution in [0, 0.1) is 6.92 Å². The molecule has 0 radical (unpaired) electrons. The van der Waals surface area contributed by atoms with Crippen LogP contribution in [0.3, 0.4) is 0 Å². The van der Waals surface area contributed by atoms with Gasteiger partial charge >= 0.3 is 0 Å². The lowest BCUT2D eigenvalue weighted by molar-refractivity contribution is -0.910. The molecule has 2 aliphatic heterocycles. The van der Waals surface area contributed by atoms with E-state index in [9.17, 15) is 0 Å². The van der Waals surface area contributed by atoms with E-state index in [1.165, 1.54) is 31.2 Å².